The van der Waals surface area contributed by atoms with Crippen LogP contribution in [0, 0.1) is 5.92 Å². The lowest BCUT2D eigenvalue weighted by atomic mass is 10.2. The third-order valence-corrected chi connectivity index (χ3v) is 3.67. The van der Waals surface area contributed by atoms with E-state index in [0.717, 1.165) is 18.7 Å². The van der Waals surface area contributed by atoms with Crippen LogP contribution in [0.2, 0.25) is 0 Å². The number of anilines is 1. The third-order valence-electron chi connectivity index (χ3n) is 2.73. The zero-order valence-corrected chi connectivity index (χ0v) is 12.1. The van der Waals surface area contributed by atoms with Gasteiger partial charge in [0.25, 0.3) is 5.56 Å². The van der Waals surface area contributed by atoms with Gasteiger partial charge < -0.3 is 5.32 Å². The molecule has 1 N–H and O–H groups in total. The second kappa shape index (κ2) is 6.52. The number of nitrogens with one attached hydrogen (secondary N) is 1. The molecule has 0 spiro atoms. The van der Waals surface area contributed by atoms with Crippen molar-refractivity contribution in [3.63, 3.8) is 0 Å². The smallest absolute Gasteiger partial charge is 0.268 e. The summed E-state index contributed by atoms with van der Waals surface area (Å²) in [4.78, 5) is 13.2. The van der Waals surface area contributed by atoms with Crippen molar-refractivity contribution in [3.05, 3.63) is 45.0 Å². The summed E-state index contributed by atoms with van der Waals surface area (Å²) >= 11 is 1.71. The first-order valence-corrected chi connectivity index (χ1v) is 7.36. The minimum absolute atomic E-state index is 0.0506. The zero-order chi connectivity index (χ0) is 13.7. The van der Waals surface area contributed by atoms with Crippen LogP contribution >= 0.6 is 11.3 Å². The summed E-state index contributed by atoms with van der Waals surface area (Å²) in [6, 6.07) is 5.72. The lowest BCUT2D eigenvalue weighted by Crippen LogP contribution is -2.23. The Morgan fingerprint density at radius 2 is 2.32 bits per heavy atom. The first-order valence-electron chi connectivity index (χ1n) is 6.48. The van der Waals surface area contributed by atoms with Crippen LogP contribution in [-0.4, -0.2) is 16.3 Å². The number of aryl methyl sites for hydroxylation is 2. The molecular formula is C14H19N3OS. The number of nitrogens with zero attached hydrogens (tertiary/aromatic N) is 2. The van der Waals surface area contributed by atoms with E-state index in [2.05, 4.69) is 30.3 Å². The normalized spacial score (nSPS) is 10.9. The molecule has 0 unspecified atom stereocenters. The lowest BCUT2D eigenvalue weighted by Gasteiger charge is -2.09. The number of aromatic nitrogens is 2. The molecule has 2 aromatic heterocycles. The molecule has 0 fully saturated rings. The highest BCUT2D eigenvalue weighted by Gasteiger charge is 2.02. The van der Waals surface area contributed by atoms with E-state index in [1.54, 1.807) is 23.6 Å². The van der Waals surface area contributed by atoms with Crippen LogP contribution in [0.15, 0.2) is 34.6 Å². The van der Waals surface area contributed by atoms with Crippen molar-refractivity contribution in [2.45, 2.75) is 26.8 Å². The van der Waals surface area contributed by atoms with Crippen molar-refractivity contribution in [1.82, 2.24) is 9.78 Å². The van der Waals surface area contributed by atoms with Gasteiger partial charge in [-0.05, 0) is 17.4 Å². The van der Waals surface area contributed by atoms with Crippen molar-refractivity contribution in [2.75, 3.05) is 11.9 Å². The molecule has 2 heterocycles. The van der Waals surface area contributed by atoms with Crippen molar-refractivity contribution in [1.29, 1.82) is 0 Å². The zero-order valence-electron chi connectivity index (χ0n) is 11.3. The van der Waals surface area contributed by atoms with E-state index in [4.69, 9.17) is 0 Å². The fraction of sp³-hybridized carbons (Fsp3) is 0.429. The van der Waals surface area contributed by atoms with Gasteiger partial charge in [0.1, 0.15) is 0 Å². The Labute approximate surface area is 117 Å². The van der Waals surface area contributed by atoms with E-state index in [1.807, 2.05) is 11.4 Å². The van der Waals surface area contributed by atoms with E-state index in [9.17, 15) is 4.79 Å². The SMILES string of the molecule is CC(C)CNc1cnn(CCc2cccs2)c(=O)c1. The summed E-state index contributed by atoms with van der Waals surface area (Å²) in [6.07, 6.45) is 2.57. The van der Waals surface area contributed by atoms with Crippen LogP contribution < -0.4 is 10.9 Å². The van der Waals surface area contributed by atoms with Crippen LogP contribution in [0.25, 0.3) is 0 Å². The maximum absolute atomic E-state index is 11.9. The van der Waals surface area contributed by atoms with Crippen LogP contribution in [0.5, 0.6) is 0 Å². The Hall–Kier alpha value is -1.62. The minimum atomic E-state index is -0.0506. The second-order valence-electron chi connectivity index (χ2n) is 4.91. The molecule has 0 bridgehead atoms. The topological polar surface area (TPSA) is 46.9 Å². The molecule has 0 aliphatic heterocycles. The summed E-state index contributed by atoms with van der Waals surface area (Å²) in [7, 11) is 0. The molecule has 0 atom stereocenters. The van der Waals surface area contributed by atoms with Gasteiger partial charge in [0, 0.05) is 30.5 Å². The van der Waals surface area contributed by atoms with Crippen molar-refractivity contribution >= 4 is 17.0 Å². The molecule has 2 aromatic rings. The van der Waals surface area contributed by atoms with Gasteiger partial charge >= 0.3 is 0 Å². The molecule has 4 nitrogen and oxygen atoms in total. The molecule has 0 aliphatic carbocycles. The molecule has 19 heavy (non-hydrogen) atoms. The predicted molar refractivity (Wildman–Crippen MR) is 79.8 cm³/mol. The Balaban J connectivity index is 1.97. The van der Waals surface area contributed by atoms with Crippen molar-refractivity contribution in [2.24, 2.45) is 5.92 Å². The molecule has 2 rings (SSSR count). The van der Waals surface area contributed by atoms with E-state index in [-0.39, 0.29) is 5.56 Å². The van der Waals surface area contributed by atoms with Crippen LogP contribution in [-0.2, 0) is 13.0 Å². The van der Waals surface area contributed by atoms with E-state index >= 15 is 0 Å². The molecule has 0 aromatic carbocycles. The summed E-state index contributed by atoms with van der Waals surface area (Å²) in [5, 5.41) is 9.46. The number of hydrogen-bond acceptors (Lipinski definition) is 4. The molecule has 0 amide bonds. The maximum atomic E-state index is 11.9. The second-order valence-corrected chi connectivity index (χ2v) is 5.94. The van der Waals surface area contributed by atoms with Gasteiger partial charge in [0.2, 0.25) is 0 Å². The van der Waals surface area contributed by atoms with Gasteiger partial charge in [0.05, 0.1) is 11.9 Å². The molecule has 0 aliphatic rings. The monoisotopic (exact) mass is 277 g/mol. The van der Waals surface area contributed by atoms with Crippen molar-refractivity contribution in [3.8, 4) is 0 Å². The lowest BCUT2D eigenvalue weighted by molar-refractivity contribution is 0.581. The number of thiophene rings is 1. The third kappa shape index (κ3) is 4.21. The molecule has 0 saturated heterocycles. The maximum Gasteiger partial charge on any atom is 0.268 e. The summed E-state index contributed by atoms with van der Waals surface area (Å²) in [5.41, 5.74) is 0.747. The quantitative estimate of drug-likeness (QED) is 0.883. The fourth-order valence-electron chi connectivity index (χ4n) is 1.69. The largest absolute Gasteiger partial charge is 0.383 e. The standard InChI is InChI=1S/C14H19N3OS/c1-11(2)9-15-12-8-14(18)17(16-10-12)6-5-13-4-3-7-19-13/h3-4,7-8,10-11,15H,5-6,9H2,1-2H3. The van der Waals surface area contributed by atoms with Crippen LogP contribution in [0.1, 0.15) is 18.7 Å². The average molecular weight is 277 g/mol. The predicted octanol–water partition coefficient (Wildman–Crippen LogP) is 2.62. The molecular weight excluding hydrogens is 258 g/mol. The highest BCUT2D eigenvalue weighted by atomic mass is 32.1. The Kier molecular flexibility index (Phi) is 4.74. The van der Waals surface area contributed by atoms with Crippen molar-refractivity contribution < 1.29 is 0 Å². The Morgan fingerprint density at radius 3 is 2.95 bits per heavy atom. The highest BCUT2D eigenvalue weighted by Crippen LogP contribution is 2.09. The molecule has 102 valence electrons. The average Bonchev–Trinajstić information content (AvgIpc) is 2.88. The van der Waals surface area contributed by atoms with Gasteiger partial charge in [-0.25, -0.2) is 4.68 Å². The van der Waals surface area contributed by atoms with Gasteiger partial charge in [-0.3, -0.25) is 4.79 Å². The molecule has 5 heteroatoms. The van der Waals surface area contributed by atoms with Crippen LogP contribution in [0.4, 0.5) is 5.69 Å². The van der Waals surface area contributed by atoms with E-state index in [0.29, 0.717) is 12.5 Å². The highest BCUT2D eigenvalue weighted by molar-refractivity contribution is 7.09. The Morgan fingerprint density at radius 1 is 1.47 bits per heavy atom. The van der Waals surface area contributed by atoms with Gasteiger partial charge in [-0.2, -0.15) is 5.10 Å². The first kappa shape index (κ1) is 13.8. The number of rotatable bonds is 6. The van der Waals surface area contributed by atoms with Crippen LogP contribution in [0.3, 0.4) is 0 Å². The van der Waals surface area contributed by atoms with E-state index in [1.165, 1.54) is 9.56 Å². The summed E-state index contributed by atoms with van der Waals surface area (Å²) in [5.74, 6) is 0.543. The first-order chi connectivity index (χ1) is 9.15. The summed E-state index contributed by atoms with van der Waals surface area (Å²) in [6.45, 7) is 5.73. The summed E-state index contributed by atoms with van der Waals surface area (Å²) < 4.78 is 1.51. The van der Waals surface area contributed by atoms with Gasteiger partial charge in [-0.1, -0.05) is 19.9 Å². The van der Waals surface area contributed by atoms with Gasteiger partial charge in [-0.15, -0.1) is 11.3 Å². The number of hydrogen-bond donors (Lipinski definition) is 1. The molecule has 0 saturated carbocycles. The Bertz CT molecular complexity index is 560. The minimum Gasteiger partial charge on any atom is -0.383 e. The van der Waals surface area contributed by atoms with E-state index < -0.39 is 0 Å². The molecule has 0 radical (unpaired) electrons. The van der Waals surface area contributed by atoms with Gasteiger partial charge in [0.15, 0.2) is 0 Å². The fourth-order valence-corrected chi connectivity index (χ4v) is 2.39.